The van der Waals surface area contributed by atoms with Crippen molar-refractivity contribution in [2.45, 2.75) is 19.8 Å². The first-order valence-corrected chi connectivity index (χ1v) is 8.36. The van der Waals surface area contributed by atoms with E-state index < -0.39 is 24.5 Å². The van der Waals surface area contributed by atoms with Crippen LogP contribution in [-0.2, 0) is 21.3 Å². The first-order valence-electron chi connectivity index (χ1n) is 8.36. The number of unbranched alkanes of at least 4 members (excludes halogenated alkanes) is 1. The summed E-state index contributed by atoms with van der Waals surface area (Å²) in [5, 5.41) is 2.60. The predicted molar refractivity (Wildman–Crippen MR) is 96.0 cm³/mol. The molecule has 0 aliphatic rings. The fourth-order valence-corrected chi connectivity index (χ4v) is 2.16. The third-order valence-corrected chi connectivity index (χ3v) is 3.62. The van der Waals surface area contributed by atoms with Crippen molar-refractivity contribution >= 4 is 23.5 Å². The van der Waals surface area contributed by atoms with Gasteiger partial charge in [-0.05, 0) is 42.8 Å². The Morgan fingerprint density at radius 2 is 1.77 bits per heavy atom. The summed E-state index contributed by atoms with van der Waals surface area (Å²) >= 11 is 0. The predicted octanol–water partition coefficient (Wildman–Crippen LogP) is 2.78. The topological polar surface area (TPSA) is 86.6 Å². The lowest BCUT2D eigenvalue weighted by atomic mass is 10.2. The van der Waals surface area contributed by atoms with Crippen LogP contribution < -0.4 is 5.32 Å². The van der Waals surface area contributed by atoms with Gasteiger partial charge in [0.15, 0.2) is 6.61 Å². The average Bonchev–Trinajstić information content (AvgIpc) is 3.06. The molecule has 7 nitrogen and oxygen atoms in total. The molecule has 0 saturated heterocycles. The zero-order valence-corrected chi connectivity index (χ0v) is 14.9. The van der Waals surface area contributed by atoms with Crippen LogP contribution in [0.15, 0.2) is 42.6 Å². The van der Waals surface area contributed by atoms with Crippen molar-refractivity contribution in [1.82, 2.24) is 4.57 Å². The van der Waals surface area contributed by atoms with Gasteiger partial charge in [0, 0.05) is 18.9 Å². The van der Waals surface area contributed by atoms with E-state index in [2.05, 4.69) is 5.32 Å². The number of amides is 1. The Balaban J connectivity index is 1.81. The van der Waals surface area contributed by atoms with Crippen LogP contribution in [0.4, 0.5) is 5.69 Å². The molecule has 1 N–H and O–H groups in total. The highest BCUT2D eigenvalue weighted by molar-refractivity contribution is 5.95. The third kappa shape index (κ3) is 5.47. The summed E-state index contributed by atoms with van der Waals surface area (Å²) in [5.41, 5.74) is 1.27. The molecule has 0 aliphatic carbocycles. The van der Waals surface area contributed by atoms with Gasteiger partial charge >= 0.3 is 11.9 Å². The van der Waals surface area contributed by atoms with Gasteiger partial charge < -0.3 is 19.4 Å². The van der Waals surface area contributed by atoms with Crippen molar-refractivity contribution < 1.29 is 23.9 Å². The molecular weight excluding hydrogens is 336 g/mol. The van der Waals surface area contributed by atoms with Crippen molar-refractivity contribution in [3.8, 4) is 0 Å². The van der Waals surface area contributed by atoms with Crippen molar-refractivity contribution in [2.24, 2.45) is 7.05 Å². The van der Waals surface area contributed by atoms with Crippen LogP contribution in [0.1, 0.15) is 40.6 Å². The molecule has 7 heteroatoms. The lowest BCUT2D eigenvalue weighted by molar-refractivity contribution is -0.119. The first kappa shape index (κ1) is 19.2. The summed E-state index contributed by atoms with van der Waals surface area (Å²) in [5.74, 6) is -1.43. The molecule has 2 aromatic rings. The third-order valence-electron chi connectivity index (χ3n) is 3.62. The largest absolute Gasteiger partial charge is 0.462 e. The van der Waals surface area contributed by atoms with Crippen molar-refractivity contribution in [2.75, 3.05) is 18.5 Å². The van der Waals surface area contributed by atoms with Crippen LogP contribution in [0.3, 0.4) is 0 Å². The number of nitrogens with zero attached hydrogens (tertiary/aromatic N) is 1. The molecule has 0 atom stereocenters. The monoisotopic (exact) mass is 358 g/mol. The van der Waals surface area contributed by atoms with Gasteiger partial charge in [0.25, 0.3) is 5.91 Å². The van der Waals surface area contributed by atoms with Crippen LogP contribution in [0.25, 0.3) is 0 Å². The molecule has 1 heterocycles. The number of carbonyl (C=O) groups is 3. The summed E-state index contributed by atoms with van der Waals surface area (Å²) < 4.78 is 11.7. The Bertz CT molecular complexity index is 764. The SMILES string of the molecule is CCCCOC(=O)c1ccc(NC(=O)COC(=O)c2cccn2C)cc1. The van der Waals surface area contributed by atoms with Crippen LogP contribution >= 0.6 is 0 Å². The number of benzene rings is 1. The Morgan fingerprint density at radius 3 is 2.38 bits per heavy atom. The number of aryl methyl sites for hydroxylation is 1. The minimum absolute atomic E-state index is 0.365. The quantitative estimate of drug-likeness (QED) is 0.579. The molecule has 0 spiro atoms. The van der Waals surface area contributed by atoms with E-state index in [1.54, 1.807) is 54.2 Å². The fraction of sp³-hybridized carbons (Fsp3) is 0.316. The van der Waals surface area contributed by atoms with Gasteiger partial charge in [-0.15, -0.1) is 0 Å². The molecule has 0 fully saturated rings. The number of esters is 2. The molecular formula is C19H22N2O5. The zero-order valence-electron chi connectivity index (χ0n) is 14.9. The van der Waals surface area contributed by atoms with Gasteiger partial charge in [-0.3, -0.25) is 4.79 Å². The van der Waals surface area contributed by atoms with Crippen molar-refractivity contribution in [3.05, 3.63) is 53.9 Å². The molecule has 26 heavy (non-hydrogen) atoms. The average molecular weight is 358 g/mol. The number of hydrogen-bond acceptors (Lipinski definition) is 5. The second-order valence-corrected chi connectivity index (χ2v) is 5.70. The van der Waals surface area contributed by atoms with E-state index in [9.17, 15) is 14.4 Å². The van der Waals surface area contributed by atoms with E-state index in [1.165, 1.54) is 0 Å². The number of nitrogens with one attached hydrogen (secondary N) is 1. The zero-order chi connectivity index (χ0) is 18.9. The smallest absolute Gasteiger partial charge is 0.355 e. The molecule has 0 bridgehead atoms. The summed E-state index contributed by atoms with van der Waals surface area (Å²) in [6.07, 6.45) is 3.49. The summed E-state index contributed by atoms with van der Waals surface area (Å²) in [6, 6.07) is 9.64. The minimum atomic E-state index is -0.571. The number of anilines is 1. The van der Waals surface area contributed by atoms with E-state index in [4.69, 9.17) is 9.47 Å². The van der Waals surface area contributed by atoms with E-state index in [-0.39, 0.29) is 0 Å². The fourth-order valence-electron chi connectivity index (χ4n) is 2.16. The highest BCUT2D eigenvalue weighted by Crippen LogP contribution is 2.11. The molecule has 1 amide bonds. The second kappa shape index (κ2) is 9.41. The number of hydrogen-bond donors (Lipinski definition) is 1. The molecule has 1 aromatic heterocycles. The van der Waals surface area contributed by atoms with Crippen molar-refractivity contribution in [1.29, 1.82) is 0 Å². The van der Waals surface area contributed by atoms with Crippen LogP contribution in [0, 0.1) is 0 Å². The summed E-state index contributed by atoms with van der Waals surface area (Å²) in [4.78, 5) is 35.5. The Morgan fingerprint density at radius 1 is 1.04 bits per heavy atom. The second-order valence-electron chi connectivity index (χ2n) is 5.70. The van der Waals surface area contributed by atoms with Gasteiger partial charge in [0.2, 0.25) is 0 Å². The van der Waals surface area contributed by atoms with Crippen LogP contribution in [0.5, 0.6) is 0 Å². The lowest BCUT2D eigenvalue weighted by Gasteiger charge is -2.08. The standard InChI is InChI=1S/C19H22N2O5/c1-3-4-12-25-18(23)14-7-9-15(10-8-14)20-17(22)13-26-19(24)16-6-5-11-21(16)2/h5-11H,3-4,12-13H2,1-2H3,(H,20,22). The molecule has 2 rings (SSSR count). The van der Waals surface area contributed by atoms with Gasteiger partial charge in [0.1, 0.15) is 5.69 Å². The highest BCUT2D eigenvalue weighted by Gasteiger charge is 2.13. The number of carbonyl (C=O) groups excluding carboxylic acids is 3. The summed E-state index contributed by atoms with van der Waals surface area (Å²) in [6.45, 7) is 2.01. The Labute approximate surface area is 151 Å². The molecule has 1 aromatic carbocycles. The maximum atomic E-state index is 11.9. The van der Waals surface area contributed by atoms with E-state index in [0.717, 1.165) is 12.8 Å². The van der Waals surface area contributed by atoms with E-state index in [1.807, 2.05) is 6.92 Å². The van der Waals surface area contributed by atoms with E-state index >= 15 is 0 Å². The normalized spacial score (nSPS) is 10.2. The van der Waals surface area contributed by atoms with Gasteiger partial charge in [0.05, 0.1) is 12.2 Å². The number of rotatable bonds is 8. The van der Waals surface area contributed by atoms with E-state index in [0.29, 0.717) is 23.6 Å². The number of ether oxygens (including phenoxy) is 2. The highest BCUT2D eigenvalue weighted by atomic mass is 16.5. The minimum Gasteiger partial charge on any atom is -0.462 e. The van der Waals surface area contributed by atoms with Crippen LogP contribution in [0.2, 0.25) is 0 Å². The first-order chi connectivity index (χ1) is 12.5. The molecule has 0 saturated carbocycles. The van der Waals surface area contributed by atoms with Gasteiger partial charge in [-0.2, -0.15) is 0 Å². The van der Waals surface area contributed by atoms with Gasteiger partial charge in [-0.25, -0.2) is 9.59 Å². The van der Waals surface area contributed by atoms with Crippen LogP contribution in [-0.4, -0.2) is 35.6 Å². The lowest BCUT2D eigenvalue weighted by Crippen LogP contribution is -2.21. The summed E-state index contributed by atoms with van der Waals surface area (Å²) in [7, 11) is 1.71. The van der Waals surface area contributed by atoms with Gasteiger partial charge in [-0.1, -0.05) is 13.3 Å². The number of aromatic nitrogens is 1. The van der Waals surface area contributed by atoms with Crippen molar-refractivity contribution in [3.63, 3.8) is 0 Å². The molecule has 0 aliphatic heterocycles. The Kier molecular flexibility index (Phi) is 6.96. The molecule has 0 radical (unpaired) electrons. The molecule has 0 unspecified atom stereocenters. The Hall–Kier alpha value is -3.09. The maximum Gasteiger partial charge on any atom is 0.355 e. The maximum absolute atomic E-state index is 11.9. The molecule has 138 valence electrons.